The molecule has 2 aromatic rings. The van der Waals surface area contributed by atoms with Crippen LogP contribution in [0.4, 0.5) is 4.39 Å². The molecule has 1 heterocycles. The summed E-state index contributed by atoms with van der Waals surface area (Å²) in [6.07, 6.45) is 1.40. The number of methoxy groups -OCH3 is 2. The van der Waals surface area contributed by atoms with Crippen LogP contribution in [-0.2, 0) is 0 Å². The minimum Gasteiger partial charge on any atom is -0.477 e. The van der Waals surface area contributed by atoms with Gasteiger partial charge in [0.25, 0.3) is 11.8 Å². The number of ether oxygens (including phenoxy) is 2. The highest BCUT2D eigenvalue weighted by atomic mass is 19.1. The molecular weight excluding hydrogens is 223 g/mol. The van der Waals surface area contributed by atoms with Crippen molar-refractivity contribution in [3.63, 3.8) is 0 Å². The minimum atomic E-state index is -0.394. The van der Waals surface area contributed by atoms with Crippen LogP contribution < -0.4 is 9.47 Å². The first kappa shape index (κ1) is 11.3. The van der Waals surface area contributed by atoms with Crippen molar-refractivity contribution in [1.82, 2.24) is 9.97 Å². The third-order valence-corrected chi connectivity index (χ3v) is 2.35. The second-order valence-corrected chi connectivity index (χ2v) is 3.28. The lowest BCUT2D eigenvalue weighted by atomic mass is 10.1. The van der Waals surface area contributed by atoms with Gasteiger partial charge in [0.1, 0.15) is 11.3 Å². The molecule has 17 heavy (non-hydrogen) atoms. The fourth-order valence-corrected chi connectivity index (χ4v) is 1.55. The minimum absolute atomic E-state index is 0.216. The van der Waals surface area contributed by atoms with E-state index in [4.69, 9.17) is 9.47 Å². The summed E-state index contributed by atoms with van der Waals surface area (Å²) in [6.45, 7) is 3.56. The van der Waals surface area contributed by atoms with Crippen molar-refractivity contribution in [2.75, 3.05) is 14.2 Å². The predicted octanol–water partition coefficient (Wildman–Crippen LogP) is 2.43. The number of fused-ring (bicyclic) bond motifs is 1. The van der Waals surface area contributed by atoms with Crippen molar-refractivity contribution in [2.24, 2.45) is 0 Å². The van der Waals surface area contributed by atoms with Gasteiger partial charge in [0.15, 0.2) is 0 Å². The van der Waals surface area contributed by atoms with Crippen LogP contribution in [0.25, 0.3) is 17.1 Å². The quantitative estimate of drug-likeness (QED) is 0.818. The van der Waals surface area contributed by atoms with E-state index in [9.17, 15) is 4.39 Å². The zero-order valence-corrected chi connectivity index (χ0v) is 9.53. The Morgan fingerprint density at radius 3 is 2.41 bits per heavy atom. The number of aromatic nitrogens is 2. The summed E-state index contributed by atoms with van der Waals surface area (Å²) in [5.41, 5.74) is 1.23. The van der Waals surface area contributed by atoms with E-state index in [-0.39, 0.29) is 11.8 Å². The zero-order valence-electron chi connectivity index (χ0n) is 9.53. The molecule has 0 radical (unpaired) electrons. The SMILES string of the molecule is C=Cc1c(F)ccc2nc(OC)c(OC)nc12. The number of nitrogens with zero attached hydrogens (tertiary/aromatic N) is 2. The number of benzene rings is 1. The molecule has 0 bridgehead atoms. The fourth-order valence-electron chi connectivity index (χ4n) is 1.55. The van der Waals surface area contributed by atoms with Gasteiger partial charge in [0.2, 0.25) is 0 Å². The second kappa shape index (κ2) is 4.37. The van der Waals surface area contributed by atoms with E-state index in [0.717, 1.165) is 0 Å². The topological polar surface area (TPSA) is 44.2 Å². The molecule has 0 amide bonds. The molecule has 2 rings (SSSR count). The molecule has 5 heteroatoms. The van der Waals surface area contributed by atoms with E-state index in [0.29, 0.717) is 16.6 Å². The lowest BCUT2D eigenvalue weighted by Crippen LogP contribution is -1.99. The largest absolute Gasteiger partial charge is 0.477 e. The first-order valence-electron chi connectivity index (χ1n) is 4.92. The maximum atomic E-state index is 13.5. The van der Waals surface area contributed by atoms with Gasteiger partial charge < -0.3 is 9.47 Å². The van der Waals surface area contributed by atoms with E-state index in [1.54, 1.807) is 0 Å². The fraction of sp³-hybridized carbons (Fsp3) is 0.167. The Morgan fingerprint density at radius 2 is 1.82 bits per heavy atom. The van der Waals surface area contributed by atoms with E-state index < -0.39 is 5.82 Å². The van der Waals surface area contributed by atoms with Gasteiger partial charge in [-0.05, 0) is 12.1 Å². The van der Waals surface area contributed by atoms with Gasteiger partial charge in [-0.15, -0.1) is 0 Å². The van der Waals surface area contributed by atoms with Gasteiger partial charge in [0, 0.05) is 5.56 Å². The Kier molecular flexibility index (Phi) is 2.91. The Balaban J connectivity index is 2.82. The van der Waals surface area contributed by atoms with E-state index in [1.807, 2.05) is 0 Å². The molecule has 88 valence electrons. The van der Waals surface area contributed by atoms with Gasteiger partial charge >= 0.3 is 0 Å². The average molecular weight is 234 g/mol. The summed E-state index contributed by atoms with van der Waals surface area (Å²) in [5, 5.41) is 0. The smallest absolute Gasteiger partial charge is 0.278 e. The van der Waals surface area contributed by atoms with Crippen LogP contribution in [0.2, 0.25) is 0 Å². The number of hydrogen-bond donors (Lipinski definition) is 0. The van der Waals surface area contributed by atoms with Crippen LogP contribution in [0, 0.1) is 5.82 Å². The third-order valence-electron chi connectivity index (χ3n) is 2.35. The van der Waals surface area contributed by atoms with Crippen LogP contribution in [0.1, 0.15) is 5.56 Å². The van der Waals surface area contributed by atoms with E-state index in [1.165, 1.54) is 32.4 Å². The number of hydrogen-bond acceptors (Lipinski definition) is 4. The molecule has 0 aliphatic rings. The molecule has 0 aliphatic heterocycles. The lowest BCUT2D eigenvalue weighted by Gasteiger charge is -2.08. The van der Waals surface area contributed by atoms with Crippen molar-refractivity contribution >= 4 is 17.1 Å². The molecule has 0 atom stereocenters. The third kappa shape index (κ3) is 1.80. The molecule has 0 saturated carbocycles. The molecule has 1 aromatic carbocycles. The van der Waals surface area contributed by atoms with Gasteiger partial charge in [-0.3, -0.25) is 0 Å². The lowest BCUT2D eigenvalue weighted by molar-refractivity contribution is 0.334. The zero-order chi connectivity index (χ0) is 12.4. The molecule has 0 saturated heterocycles. The van der Waals surface area contributed by atoms with Crippen LogP contribution in [-0.4, -0.2) is 24.2 Å². The van der Waals surface area contributed by atoms with Crippen LogP contribution in [0.3, 0.4) is 0 Å². The summed E-state index contributed by atoms with van der Waals surface area (Å²) in [4.78, 5) is 8.37. The Morgan fingerprint density at radius 1 is 1.18 bits per heavy atom. The Bertz CT molecular complexity index is 584. The predicted molar refractivity (Wildman–Crippen MR) is 62.7 cm³/mol. The molecule has 1 aromatic heterocycles. The molecule has 0 N–H and O–H groups in total. The van der Waals surface area contributed by atoms with Crippen molar-refractivity contribution < 1.29 is 13.9 Å². The maximum absolute atomic E-state index is 13.5. The first-order valence-corrected chi connectivity index (χ1v) is 4.92. The van der Waals surface area contributed by atoms with Crippen molar-refractivity contribution in [1.29, 1.82) is 0 Å². The molecule has 0 fully saturated rings. The van der Waals surface area contributed by atoms with Crippen LogP contribution >= 0.6 is 0 Å². The normalized spacial score (nSPS) is 10.3. The van der Waals surface area contributed by atoms with E-state index in [2.05, 4.69) is 16.5 Å². The molecular formula is C12H11FN2O2. The van der Waals surface area contributed by atoms with Crippen molar-refractivity contribution in [3.8, 4) is 11.8 Å². The summed E-state index contributed by atoms with van der Waals surface area (Å²) in [6, 6.07) is 2.85. The highest BCUT2D eigenvalue weighted by Crippen LogP contribution is 2.28. The summed E-state index contributed by atoms with van der Waals surface area (Å²) in [7, 11) is 2.92. The van der Waals surface area contributed by atoms with E-state index >= 15 is 0 Å². The molecule has 0 spiro atoms. The Labute approximate surface area is 97.7 Å². The molecule has 0 unspecified atom stereocenters. The number of halogens is 1. The van der Waals surface area contributed by atoms with Crippen molar-refractivity contribution in [2.45, 2.75) is 0 Å². The standard InChI is InChI=1S/C12H11FN2O2/c1-4-7-8(13)5-6-9-10(7)15-12(17-3)11(14-9)16-2/h4-6H,1H2,2-3H3. The average Bonchev–Trinajstić information content (AvgIpc) is 2.37. The second-order valence-electron chi connectivity index (χ2n) is 3.28. The maximum Gasteiger partial charge on any atom is 0.278 e. The van der Waals surface area contributed by atoms with Gasteiger partial charge in [0.05, 0.1) is 19.7 Å². The highest BCUT2D eigenvalue weighted by Gasteiger charge is 2.13. The van der Waals surface area contributed by atoms with Gasteiger partial charge in [-0.2, -0.15) is 0 Å². The summed E-state index contributed by atoms with van der Waals surface area (Å²) >= 11 is 0. The first-order chi connectivity index (χ1) is 8.21. The van der Waals surface area contributed by atoms with Crippen LogP contribution in [0.5, 0.6) is 11.8 Å². The molecule has 4 nitrogen and oxygen atoms in total. The van der Waals surface area contributed by atoms with Gasteiger partial charge in [-0.1, -0.05) is 12.7 Å². The summed E-state index contributed by atoms with van der Waals surface area (Å²) < 4.78 is 23.6. The summed E-state index contributed by atoms with van der Waals surface area (Å²) in [5.74, 6) is 0.0874. The highest BCUT2D eigenvalue weighted by molar-refractivity contribution is 5.85. The molecule has 0 aliphatic carbocycles. The Hall–Kier alpha value is -2.17. The van der Waals surface area contributed by atoms with Crippen molar-refractivity contribution in [3.05, 3.63) is 30.1 Å². The monoisotopic (exact) mass is 234 g/mol. The van der Waals surface area contributed by atoms with Gasteiger partial charge in [-0.25, -0.2) is 14.4 Å². The van der Waals surface area contributed by atoms with Crippen LogP contribution in [0.15, 0.2) is 18.7 Å². The number of rotatable bonds is 3.